The Hall–Kier alpha value is -1.64. The zero-order chi connectivity index (χ0) is 19.7. The standard InChI is InChI=1S/C24H39NO2/c1-2-3-4-5-6-7-8-9-10-11-12-13-14-15-16-17-18-21-19-20-22(26)24(27)23(21)25/h9-10,19-20H,2-8,11-18,25H2,1H3/b10-9-. The van der Waals surface area contributed by atoms with Crippen molar-refractivity contribution in [3.63, 3.8) is 0 Å². The van der Waals surface area contributed by atoms with Crippen molar-refractivity contribution in [1.29, 1.82) is 0 Å². The summed E-state index contributed by atoms with van der Waals surface area (Å²) in [5.74, 6) is -1.05. The van der Waals surface area contributed by atoms with Gasteiger partial charge in [0.15, 0.2) is 0 Å². The molecule has 0 aromatic rings. The molecule has 152 valence electrons. The topological polar surface area (TPSA) is 60.2 Å². The van der Waals surface area contributed by atoms with E-state index in [0.717, 1.165) is 24.8 Å². The van der Waals surface area contributed by atoms with Crippen LogP contribution in [-0.4, -0.2) is 11.6 Å². The number of unbranched alkanes of at least 4 members (excludes halogenated alkanes) is 12. The maximum Gasteiger partial charge on any atom is 0.248 e. The van der Waals surface area contributed by atoms with Crippen LogP contribution in [0, 0.1) is 0 Å². The molecule has 3 heteroatoms. The molecule has 0 atom stereocenters. The van der Waals surface area contributed by atoms with Crippen molar-refractivity contribution in [1.82, 2.24) is 0 Å². The third kappa shape index (κ3) is 10.9. The summed E-state index contributed by atoms with van der Waals surface area (Å²) in [5, 5.41) is 0. The third-order valence-corrected chi connectivity index (χ3v) is 5.21. The van der Waals surface area contributed by atoms with Crippen molar-refractivity contribution in [2.45, 2.75) is 103 Å². The predicted molar refractivity (Wildman–Crippen MR) is 114 cm³/mol. The fourth-order valence-corrected chi connectivity index (χ4v) is 3.40. The van der Waals surface area contributed by atoms with Crippen LogP contribution < -0.4 is 5.73 Å². The van der Waals surface area contributed by atoms with Crippen LogP contribution in [0.25, 0.3) is 0 Å². The maximum absolute atomic E-state index is 11.5. The lowest BCUT2D eigenvalue weighted by Crippen LogP contribution is -2.24. The molecule has 1 rings (SSSR count). The van der Waals surface area contributed by atoms with Crippen LogP contribution in [0.5, 0.6) is 0 Å². The zero-order valence-corrected chi connectivity index (χ0v) is 17.3. The SMILES string of the molecule is CCCCCCCC/C=C\CCCCCCCCC1=C(N)C(=O)C(=O)C=C1. The number of ketones is 2. The molecular weight excluding hydrogens is 334 g/mol. The van der Waals surface area contributed by atoms with E-state index < -0.39 is 11.6 Å². The summed E-state index contributed by atoms with van der Waals surface area (Å²) in [6.07, 6.45) is 26.5. The van der Waals surface area contributed by atoms with E-state index in [1.54, 1.807) is 6.08 Å². The lowest BCUT2D eigenvalue weighted by Gasteiger charge is -2.10. The molecule has 0 bridgehead atoms. The van der Waals surface area contributed by atoms with Crippen LogP contribution >= 0.6 is 0 Å². The van der Waals surface area contributed by atoms with E-state index >= 15 is 0 Å². The first-order valence-corrected chi connectivity index (χ1v) is 11.1. The van der Waals surface area contributed by atoms with Gasteiger partial charge < -0.3 is 5.73 Å². The van der Waals surface area contributed by atoms with Crippen molar-refractivity contribution in [3.05, 3.63) is 35.6 Å². The van der Waals surface area contributed by atoms with Crippen LogP contribution in [-0.2, 0) is 9.59 Å². The van der Waals surface area contributed by atoms with Gasteiger partial charge in [0.1, 0.15) is 0 Å². The minimum Gasteiger partial charge on any atom is -0.395 e. The Balaban J connectivity index is 1.89. The summed E-state index contributed by atoms with van der Waals surface area (Å²) < 4.78 is 0. The highest BCUT2D eigenvalue weighted by molar-refractivity contribution is 6.48. The summed E-state index contributed by atoms with van der Waals surface area (Å²) in [6, 6.07) is 0. The molecule has 0 unspecified atom stereocenters. The minimum atomic E-state index is -0.544. The van der Waals surface area contributed by atoms with Gasteiger partial charge in [0, 0.05) is 0 Å². The molecule has 1 aliphatic rings. The summed E-state index contributed by atoms with van der Waals surface area (Å²) in [7, 11) is 0. The van der Waals surface area contributed by atoms with Gasteiger partial charge in [0.05, 0.1) is 5.70 Å². The Morgan fingerprint density at radius 2 is 1.26 bits per heavy atom. The van der Waals surface area contributed by atoms with Gasteiger partial charge in [-0.05, 0) is 50.2 Å². The second-order valence-electron chi connectivity index (χ2n) is 7.65. The van der Waals surface area contributed by atoms with Gasteiger partial charge in [-0.15, -0.1) is 0 Å². The van der Waals surface area contributed by atoms with Gasteiger partial charge in [0.2, 0.25) is 11.6 Å². The molecule has 1 aliphatic carbocycles. The summed E-state index contributed by atoms with van der Waals surface area (Å²) in [5.41, 5.74) is 6.71. The number of hydrogen-bond acceptors (Lipinski definition) is 3. The smallest absolute Gasteiger partial charge is 0.248 e. The fraction of sp³-hybridized carbons (Fsp3) is 0.667. The quantitative estimate of drug-likeness (QED) is 0.149. The molecule has 2 N–H and O–H groups in total. The maximum atomic E-state index is 11.5. The molecule has 0 aromatic carbocycles. The number of allylic oxidation sites excluding steroid dienone is 6. The summed E-state index contributed by atoms with van der Waals surface area (Å²) in [4.78, 5) is 22.7. The molecule has 0 radical (unpaired) electrons. The number of Topliss-reactive ketones (excluding diaryl/α,β-unsaturated/α-hetero) is 1. The van der Waals surface area contributed by atoms with E-state index in [9.17, 15) is 9.59 Å². The Morgan fingerprint density at radius 1 is 0.741 bits per heavy atom. The number of carbonyl (C=O) groups excluding carboxylic acids is 2. The molecule has 0 spiro atoms. The molecule has 0 aromatic heterocycles. The van der Waals surface area contributed by atoms with E-state index in [-0.39, 0.29) is 5.70 Å². The number of rotatable bonds is 16. The highest BCUT2D eigenvalue weighted by Gasteiger charge is 2.20. The van der Waals surface area contributed by atoms with E-state index in [4.69, 9.17) is 5.73 Å². The number of nitrogens with two attached hydrogens (primary N) is 1. The van der Waals surface area contributed by atoms with Crippen molar-refractivity contribution >= 4 is 11.6 Å². The van der Waals surface area contributed by atoms with Crippen LogP contribution in [0.3, 0.4) is 0 Å². The first-order chi connectivity index (χ1) is 13.2. The van der Waals surface area contributed by atoms with Gasteiger partial charge >= 0.3 is 0 Å². The van der Waals surface area contributed by atoms with E-state index in [2.05, 4.69) is 19.1 Å². The van der Waals surface area contributed by atoms with Gasteiger partial charge in [-0.2, -0.15) is 0 Å². The number of hydrogen-bond donors (Lipinski definition) is 1. The Labute approximate surface area is 166 Å². The zero-order valence-electron chi connectivity index (χ0n) is 17.3. The van der Waals surface area contributed by atoms with Crippen molar-refractivity contribution < 1.29 is 9.59 Å². The molecule has 0 saturated carbocycles. The van der Waals surface area contributed by atoms with Gasteiger partial charge in [-0.25, -0.2) is 0 Å². The monoisotopic (exact) mass is 373 g/mol. The second kappa shape index (κ2) is 15.4. The van der Waals surface area contributed by atoms with E-state index in [1.807, 2.05) is 0 Å². The highest BCUT2D eigenvalue weighted by atomic mass is 16.2. The van der Waals surface area contributed by atoms with E-state index in [0.29, 0.717) is 0 Å². The minimum absolute atomic E-state index is 0.148. The molecule has 0 aliphatic heterocycles. The Morgan fingerprint density at radius 3 is 1.85 bits per heavy atom. The molecule has 0 amide bonds. The molecule has 0 fully saturated rings. The van der Waals surface area contributed by atoms with Crippen molar-refractivity contribution in [3.8, 4) is 0 Å². The first kappa shape index (κ1) is 23.4. The Bertz CT molecular complexity index is 528. The summed E-state index contributed by atoms with van der Waals surface area (Å²) in [6.45, 7) is 2.26. The van der Waals surface area contributed by atoms with E-state index in [1.165, 1.54) is 83.1 Å². The Kier molecular flexibility index (Phi) is 13.4. The van der Waals surface area contributed by atoms with Gasteiger partial charge in [0.25, 0.3) is 0 Å². The van der Waals surface area contributed by atoms with Crippen LogP contribution in [0.4, 0.5) is 0 Å². The average Bonchev–Trinajstić information content (AvgIpc) is 2.67. The van der Waals surface area contributed by atoms with Crippen LogP contribution in [0.1, 0.15) is 103 Å². The summed E-state index contributed by atoms with van der Waals surface area (Å²) >= 11 is 0. The average molecular weight is 374 g/mol. The van der Waals surface area contributed by atoms with Crippen molar-refractivity contribution in [2.24, 2.45) is 5.73 Å². The molecular formula is C24H39NO2. The second-order valence-corrected chi connectivity index (χ2v) is 7.65. The lowest BCUT2D eigenvalue weighted by atomic mass is 9.96. The molecule has 0 saturated heterocycles. The van der Waals surface area contributed by atoms with Crippen molar-refractivity contribution in [2.75, 3.05) is 0 Å². The van der Waals surface area contributed by atoms with Gasteiger partial charge in [-0.1, -0.05) is 82.9 Å². The first-order valence-electron chi connectivity index (χ1n) is 11.1. The van der Waals surface area contributed by atoms with Crippen LogP contribution in [0.15, 0.2) is 35.6 Å². The largest absolute Gasteiger partial charge is 0.395 e. The molecule has 27 heavy (non-hydrogen) atoms. The molecule has 3 nitrogen and oxygen atoms in total. The third-order valence-electron chi connectivity index (χ3n) is 5.21. The molecule has 0 heterocycles. The predicted octanol–water partition coefficient (Wildman–Crippen LogP) is 6.33. The normalized spacial score (nSPS) is 14.7. The number of carbonyl (C=O) groups is 2. The lowest BCUT2D eigenvalue weighted by molar-refractivity contribution is -0.131. The van der Waals surface area contributed by atoms with Crippen LogP contribution in [0.2, 0.25) is 0 Å². The highest BCUT2D eigenvalue weighted by Crippen LogP contribution is 2.18. The van der Waals surface area contributed by atoms with Gasteiger partial charge in [-0.3, -0.25) is 9.59 Å². The fourth-order valence-electron chi connectivity index (χ4n) is 3.40.